The molecule has 0 radical (unpaired) electrons. The van der Waals surface area contributed by atoms with Crippen LogP contribution in [0.3, 0.4) is 0 Å². The van der Waals surface area contributed by atoms with Crippen LogP contribution < -0.4 is 0 Å². The highest BCUT2D eigenvalue weighted by molar-refractivity contribution is 6.25. The molecule has 3 rings (SSSR count). The van der Waals surface area contributed by atoms with E-state index in [1.807, 2.05) is 18.3 Å². The summed E-state index contributed by atoms with van der Waals surface area (Å²) in [5.41, 5.74) is 2.91. The van der Waals surface area contributed by atoms with E-state index in [0.29, 0.717) is 5.56 Å². The lowest BCUT2D eigenvalue weighted by molar-refractivity contribution is 0.251. The third-order valence-electron chi connectivity index (χ3n) is 5.75. The number of nitrogens with zero attached hydrogens (tertiary/aromatic N) is 3. The van der Waals surface area contributed by atoms with Gasteiger partial charge in [0.2, 0.25) is 0 Å². The smallest absolute Gasteiger partial charge is 0.150 e. The molecule has 0 unspecified atom stereocenters. The maximum absolute atomic E-state index is 8.91. The van der Waals surface area contributed by atoms with Gasteiger partial charge >= 0.3 is 0 Å². The molecule has 3 nitrogen and oxygen atoms in total. The van der Waals surface area contributed by atoms with Gasteiger partial charge in [0.1, 0.15) is 0 Å². The van der Waals surface area contributed by atoms with Crippen molar-refractivity contribution in [2.24, 2.45) is 16.8 Å². The minimum absolute atomic E-state index is 0.649. The summed E-state index contributed by atoms with van der Waals surface area (Å²) in [6, 6.07) is 9.55. The second kappa shape index (κ2) is 9.24. The molecule has 1 heterocycles. The minimum Gasteiger partial charge on any atom is -0.264 e. The predicted molar refractivity (Wildman–Crippen MR) is 108 cm³/mol. The van der Waals surface area contributed by atoms with Crippen LogP contribution in [0.25, 0.3) is 0 Å². The van der Waals surface area contributed by atoms with E-state index in [-0.39, 0.29) is 0 Å². The molecule has 1 aromatic carbocycles. The van der Waals surface area contributed by atoms with Crippen molar-refractivity contribution in [1.29, 1.82) is 5.26 Å². The summed E-state index contributed by atoms with van der Waals surface area (Å²) in [7, 11) is 0. The van der Waals surface area contributed by atoms with Crippen LogP contribution in [0.2, 0.25) is 0 Å². The molecule has 1 fully saturated rings. The first-order valence-corrected chi connectivity index (χ1v) is 10.2. The molecule has 1 aromatic rings. The Balaban J connectivity index is 1.53. The predicted octanol–water partition coefficient (Wildman–Crippen LogP) is 6.04. The molecule has 0 atom stereocenters. The van der Waals surface area contributed by atoms with E-state index in [2.05, 4.69) is 18.0 Å². The third-order valence-corrected chi connectivity index (χ3v) is 6.03. The number of aliphatic imine (C=N–C) groups is 1. The van der Waals surface area contributed by atoms with Gasteiger partial charge in [-0.3, -0.25) is 4.42 Å². The van der Waals surface area contributed by atoms with Gasteiger partial charge in [0.25, 0.3) is 0 Å². The van der Waals surface area contributed by atoms with Crippen molar-refractivity contribution in [2.45, 2.75) is 58.3 Å². The van der Waals surface area contributed by atoms with Gasteiger partial charge in [-0.1, -0.05) is 45.4 Å². The number of hydrogen-bond acceptors (Lipinski definition) is 3. The lowest BCUT2D eigenvalue weighted by atomic mass is 9.78. The summed E-state index contributed by atoms with van der Waals surface area (Å²) < 4.78 is 1.70. The average Bonchev–Trinajstić information content (AvgIpc) is 2.68. The Morgan fingerprint density at radius 3 is 2.35 bits per heavy atom. The molecule has 0 spiro atoms. The van der Waals surface area contributed by atoms with Crippen LogP contribution in [0.1, 0.15) is 69.4 Å². The number of nitriles is 1. The van der Waals surface area contributed by atoms with E-state index in [4.69, 9.17) is 17.0 Å². The van der Waals surface area contributed by atoms with Crippen molar-refractivity contribution in [3.8, 4) is 6.07 Å². The number of benzene rings is 1. The van der Waals surface area contributed by atoms with Crippen LogP contribution in [0.4, 0.5) is 0 Å². The molecule has 1 aliphatic carbocycles. The second-order valence-electron chi connectivity index (χ2n) is 7.66. The normalized spacial score (nSPS) is 23.2. The second-order valence-corrected chi connectivity index (χ2v) is 8.07. The van der Waals surface area contributed by atoms with E-state index >= 15 is 0 Å². The fourth-order valence-corrected chi connectivity index (χ4v) is 4.46. The van der Waals surface area contributed by atoms with Crippen LogP contribution in [-0.4, -0.2) is 16.8 Å². The topological polar surface area (TPSA) is 39.4 Å². The molecular weight excluding hydrogens is 342 g/mol. The molecule has 0 aromatic heterocycles. The zero-order valence-corrected chi connectivity index (χ0v) is 16.4. The van der Waals surface area contributed by atoms with Crippen molar-refractivity contribution in [3.63, 3.8) is 0 Å². The number of hydrogen-bond donors (Lipinski definition) is 0. The fraction of sp³-hybridized carbons (Fsp3) is 0.545. The highest BCUT2D eigenvalue weighted by Crippen LogP contribution is 2.34. The number of amidine groups is 1. The minimum atomic E-state index is 0.649. The van der Waals surface area contributed by atoms with Crippen LogP contribution in [-0.2, 0) is 0 Å². The molecule has 0 amide bonds. The van der Waals surface area contributed by atoms with E-state index in [0.717, 1.165) is 36.2 Å². The van der Waals surface area contributed by atoms with E-state index < -0.39 is 0 Å². The van der Waals surface area contributed by atoms with Crippen molar-refractivity contribution < 1.29 is 0 Å². The molecular formula is C22H28ClN3. The van der Waals surface area contributed by atoms with Crippen molar-refractivity contribution in [3.05, 3.63) is 47.2 Å². The molecule has 1 aliphatic heterocycles. The van der Waals surface area contributed by atoms with E-state index in [9.17, 15) is 0 Å². The van der Waals surface area contributed by atoms with Gasteiger partial charge in [-0.25, -0.2) is 4.99 Å². The lowest BCUT2D eigenvalue weighted by Crippen LogP contribution is -2.27. The van der Waals surface area contributed by atoms with Gasteiger partial charge < -0.3 is 0 Å². The molecule has 138 valence electrons. The molecule has 0 bridgehead atoms. The summed E-state index contributed by atoms with van der Waals surface area (Å²) in [6.45, 7) is 3.03. The molecule has 0 N–H and O–H groups in total. The Labute approximate surface area is 162 Å². The SMILES string of the molecule is CCC[C@H]1CC[C@H](CCC2=CN=C(c3ccc(C#N)cc3)N(Cl)C2)CC1. The summed E-state index contributed by atoms with van der Waals surface area (Å²) >= 11 is 6.46. The molecule has 2 aliphatic rings. The highest BCUT2D eigenvalue weighted by Gasteiger charge is 2.22. The summed E-state index contributed by atoms with van der Waals surface area (Å²) in [5.74, 6) is 2.61. The zero-order chi connectivity index (χ0) is 18.4. The first kappa shape index (κ1) is 19.0. The van der Waals surface area contributed by atoms with Gasteiger partial charge in [-0.15, -0.1) is 0 Å². The Morgan fingerprint density at radius 1 is 1.12 bits per heavy atom. The Morgan fingerprint density at radius 2 is 1.77 bits per heavy atom. The zero-order valence-electron chi connectivity index (χ0n) is 15.6. The van der Waals surface area contributed by atoms with Gasteiger partial charge in [-0.2, -0.15) is 5.26 Å². The van der Waals surface area contributed by atoms with Crippen LogP contribution >= 0.6 is 11.8 Å². The van der Waals surface area contributed by atoms with Gasteiger partial charge in [0.05, 0.1) is 18.2 Å². The van der Waals surface area contributed by atoms with Crippen LogP contribution in [0.5, 0.6) is 0 Å². The Hall–Kier alpha value is -1.79. The standard InChI is InChI=1S/C22H28ClN3/c1-2-3-17-4-6-18(7-5-17)8-9-20-15-25-22(26(23)16-20)21-12-10-19(14-24)11-13-21/h10-13,15,17-18H,2-9,16H2,1H3/t17-,18-. The first-order chi connectivity index (χ1) is 12.7. The molecule has 1 saturated carbocycles. The van der Waals surface area contributed by atoms with Gasteiger partial charge in [-0.05, 0) is 54.5 Å². The van der Waals surface area contributed by atoms with Crippen molar-refractivity contribution >= 4 is 17.6 Å². The summed E-state index contributed by atoms with van der Waals surface area (Å²) in [6.07, 6.45) is 12.7. The van der Waals surface area contributed by atoms with Crippen molar-refractivity contribution in [1.82, 2.24) is 4.42 Å². The quantitative estimate of drug-likeness (QED) is 0.573. The van der Waals surface area contributed by atoms with E-state index in [1.165, 1.54) is 50.5 Å². The van der Waals surface area contributed by atoms with Crippen molar-refractivity contribution in [2.75, 3.05) is 6.54 Å². The van der Waals surface area contributed by atoms with E-state index in [1.54, 1.807) is 16.6 Å². The van der Waals surface area contributed by atoms with Gasteiger partial charge in [0.15, 0.2) is 5.84 Å². The maximum Gasteiger partial charge on any atom is 0.150 e. The Kier molecular flexibility index (Phi) is 6.74. The summed E-state index contributed by atoms with van der Waals surface area (Å²) in [4.78, 5) is 4.58. The Bertz CT molecular complexity index is 691. The largest absolute Gasteiger partial charge is 0.264 e. The van der Waals surface area contributed by atoms with Crippen LogP contribution in [0.15, 0.2) is 41.0 Å². The summed E-state index contributed by atoms with van der Waals surface area (Å²) in [5, 5.41) is 8.91. The molecule has 0 saturated heterocycles. The number of rotatable bonds is 6. The highest BCUT2D eigenvalue weighted by atomic mass is 35.5. The lowest BCUT2D eigenvalue weighted by Gasteiger charge is -2.29. The molecule has 4 heteroatoms. The maximum atomic E-state index is 8.91. The third kappa shape index (κ3) is 4.89. The monoisotopic (exact) mass is 369 g/mol. The first-order valence-electron chi connectivity index (χ1n) is 9.89. The molecule has 26 heavy (non-hydrogen) atoms. The average molecular weight is 370 g/mol. The fourth-order valence-electron chi connectivity index (χ4n) is 4.17. The van der Waals surface area contributed by atoms with Gasteiger partial charge in [0, 0.05) is 23.5 Å². The van der Waals surface area contributed by atoms with Crippen LogP contribution in [0, 0.1) is 23.2 Å². The number of halogens is 1.